The maximum absolute atomic E-state index is 12.1. The van der Waals surface area contributed by atoms with Crippen LogP contribution in [0.25, 0.3) is 0 Å². The van der Waals surface area contributed by atoms with E-state index in [2.05, 4.69) is 10.9 Å². The van der Waals surface area contributed by atoms with Gasteiger partial charge < -0.3 is 0 Å². The van der Waals surface area contributed by atoms with Gasteiger partial charge in [0.1, 0.15) is 0 Å². The summed E-state index contributed by atoms with van der Waals surface area (Å²) >= 11 is 0. The van der Waals surface area contributed by atoms with E-state index in [1.165, 1.54) is 6.08 Å². The Labute approximate surface area is 116 Å². The Kier molecular flexibility index (Phi) is 4.49. The minimum atomic E-state index is -0.425. The van der Waals surface area contributed by atoms with Crippen LogP contribution >= 0.6 is 0 Å². The van der Waals surface area contributed by atoms with Gasteiger partial charge in [0.2, 0.25) is 18.0 Å². The molecule has 2 rings (SSSR count). The van der Waals surface area contributed by atoms with Crippen molar-refractivity contribution in [3.8, 4) is 0 Å². The molecule has 0 aromatic heterocycles. The molecule has 0 heterocycles. The normalized spacial score (nSPS) is 20.0. The second kappa shape index (κ2) is 6.31. The van der Waals surface area contributed by atoms with Crippen molar-refractivity contribution in [2.24, 2.45) is 11.8 Å². The lowest BCUT2D eigenvalue weighted by molar-refractivity contribution is -0.428. The number of amides is 2. The number of rotatable bonds is 6. The lowest BCUT2D eigenvalue weighted by Gasteiger charge is -2.34. The molecule has 0 saturated heterocycles. The zero-order valence-corrected chi connectivity index (χ0v) is 11.0. The van der Waals surface area contributed by atoms with Crippen LogP contribution < -0.4 is 10.9 Å². The molecule has 1 fully saturated rings. The Morgan fingerprint density at radius 2 is 2.25 bits per heavy atom. The second-order valence-corrected chi connectivity index (χ2v) is 5.06. The van der Waals surface area contributed by atoms with Crippen LogP contribution in [0.4, 0.5) is 0 Å². The highest BCUT2D eigenvalue weighted by molar-refractivity contribution is 5.83. The summed E-state index contributed by atoms with van der Waals surface area (Å²) < 4.78 is 0. The molecule has 20 heavy (non-hydrogen) atoms. The Morgan fingerprint density at radius 1 is 1.50 bits per heavy atom. The summed E-state index contributed by atoms with van der Waals surface area (Å²) in [5.41, 5.74) is 5.30. The van der Waals surface area contributed by atoms with Gasteiger partial charge in [0.15, 0.2) is 0 Å². The number of nitrogens with zero attached hydrogens (tertiary/aromatic N) is 1. The van der Waals surface area contributed by atoms with E-state index in [1.807, 2.05) is 6.08 Å². The SMILES string of the molecule is O=CNNC(=O)C(C1=CCCC([N+](=O)[O-])=C1)C1CCC1. The molecule has 7 nitrogen and oxygen atoms in total. The van der Waals surface area contributed by atoms with Gasteiger partial charge in [0, 0.05) is 12.5 Å². The first-order chi connectivity index (χ1) is 9.63. The van der Waals surface area contributed by atoms with Crippen LogP contribution in [0.2, 0.25) is 0 Å². The van der Waals surface area contributed by atoms with Crippen LogP contribution in [-0.4, -0.2) is 17.2 Å². The van der Waals surface area contributed by atoms with Crippen molar-refractivity contribution in [1.29, 1.82) is 0 Å². The topological polar surface area (TPSA) is 101 Å². The van der Waals surface area contributed by atoms with Gasteiger partial charge in [-0.2, -0.15) is 0 Å². The molecule has 108 valence electrons. The largest absolute Gasteiger partial charge is 0.277 e. The maximum atomic E-state index is 12.1. The minimum absolute atomic E-state index is 0.142. The van der Waals surface area contributed by atoms with Crippen molar-refractivity contribution in [3.63, 3.8) is 0 Å². The number of hydrogen-bond acceptors (Lipinski definition) is 4. The Hall–Kier alpha value is -2.18. The molecule has 0 spiro atoms. The summed E-state index contributed by atoms with van der Waals surface area (Å²) in [6.45, 7) is 0. The van der Waals surface area contributed by atoms with Crippen molar-refractivity contribution >= 4 is 12.3 Å². The van der Waals surface area contributed by atoms with Crippen LogP contribution in [0.3, 0.4) is 0 Å². The van der Waals surface area contributed by atoms with Gasteiger partial charge in [0.05, 0.1) is 10.8 Å². The number of allylic oxidation sites excluding steroid dienone is 3. The summed E-state index contributed by atoms with van der Waals surface area (Å²) in [6, 6.07) is 0. The van der Waals surface area contributed by atoms with E-state index in [4.69, 9.17) is 0 Å². The third kappa shape index (κ3) is 3.04. The average Bonchev–Trinajstić information content (AvgIpc) is 2.40. The summed E-state index contributed by atoms with van der Waals surface area (Å²) in [7, 11) is 0. The number of hydrogen-bond donors (Lipinski definition) is 2. The van der Waals surface area contributed by atoms with Crippen molar-refractivity contribution in [2.45, 2.75) is 32.1 Å². The summed E-state index contributed by atoms with van der Waals surface area (Å²) in [5, 5.41) is 10.9. The molecule has 1 unspecified atom stereocenters. The molecular formula is C13H17N3O4. The highest BCUT2D eigenvalue weighted by Gasteiger charge is 2.36. The smallest absolute Gasteiger partial charge is 0.246 e. The predicted octanol–water partition coefficient (Wildman–Crippen LogP) is 1.06. The van der Waals surface area contributed by atoms with Gasteiger partial charge in [-0.05, 0) is 30.8 Å². The van der Waals surface area contributed by atoms with Crippen molar-refractivity contribution in [2.75, 3.05) is 0 Å². The Balaban J connectivity index is 2.18. The fourth-order valence-electron chi connectivity index (χ4n) is 2.66. The fourth-order valence-corrected chi connectivity index (χ4v) is 2.66. The van der Waals surface area contributed by atoms with Gasteiger partial charge in [-0.3, -0.25) is 30.6 Å². The third-order valence-electron chi connectivity index (χ3n) is 3.87. The highest BCUT2D eigenvalue weighted by Crippen LogP contribution is 2.39. The maximum Gasteiger partial charge on any atom is 0.246 e. The van der Waals surface area contributed by atoms with Gasteiger partial charge in [-0.1, -0.05) is 12.5 Å². The fraction of sp³-hybridized carbons (Fsp3) is 0.538. The summed E-state index contributed by atoms with van der Waals surface area (Å²) in [4.78, 5) is 32.9. The van der Waals surface area contributed by atoms with Crippen LogP contribution in [0.15, 0.2) is 23.4 Å². The molecule has 2 N–H and O–H groups in total. The van der Waals surface area contributed by atoms with Crippen molar-refractivity contribution in [3.05, 3.63) is 33.5 Å². The van der Waals surface area contributed by atoms with Gasteiger partial charge in [0.25, 0.3) is 0 Å². The standard InChI is InChI=1S/C13H17N3O4/c17-8-14-15-13(18)12(9-3-1-4-9)10-5-2-6-11(7-10)16(19)20/h5,7-9,12H,1-4,6H2,(H,14,17)(H,15,18). The van der Waals surface area contributed by atoms with Gasteiger partial charge in [-0.25, -0.2) is 0 Å². The van der Waals surface area contributed by atoms with Gasteiger partial charge in [-0.15, -0.1) is 0 Å². The molecule has 7 heteroatoms. The zero-order valence-electron chi connectivity index (χ0n) is 11.0. The molecule has 0 radical (unpaired) electrons. The quantitative estimate of drug-likeness (QED) is 0.431. The molecule has 2 aliphatic carbocycles. The molecule has 0 bridgehead atoms. The van der Waals surface area contributed by atoms with Crippen LogP contribution in [0.5, 0.6) is 0 Å². The van der Waals surface area contributed by atoms with E-state index in [0.717, 1.165) is 19.3 Å². The summed E-state index contributed by atoms with van der Waals surface area (Å²) in [5.74, 6) is -0.544. The third-order valence-corrected chi connectivity index (χ3v) is 3.87. The highest BCUT2D eigenvalue weighted by atomic mass is 16.6. The van der Waals surface area contributed by atoms with Crippen LogP contribution in [0, 0.1) is 22.0 Å². The van der Waals surface area contributed by atoms with Crippen LogP contribution in [0.1, 0.15) is 32.1 Å². The molecule has 1 saturated carbocycles. The van der Waals surface area contributed by atoms with E-state index >= 15 is 0 Å². The van der Waals surface area contributed by atoms with Crippen molar-refractivity contribution in [1.82, 2.24) is 10.9 Å². The average molecular weight is 279 g/mol. The first-order valence-corrected chi connectivity index (χ1v) is 6.67. The van der Waals surface area contributed by atoms with E-state index in [0.29, 0.717) is 24.8 Å². The Bertz CT molecular complexity index is 480. The molecule has 2 amide bonds. The number of nitrogens with one attached hydrogen (secondary N) is 2. The molecule has 0 aromatic rings. The molecule has 0 aromatic carbocycles. The number of carbonyl (C=O) groups is 2. The lowest BCUT2D eigenvalue weighted by Crippen LogP contribution is -2.44. The van der Waals surface area contributed by atoms with Crippen molar-refractivity contribution < 1.29 is 14.5 Å². The molecular weight excluding hydrogens is 262 g/mol. The number of nitro groups is 1. The second-order valence-electron chi connectivity index (χ2n) is 5.06. The minimum Gasteiger partial charge on any atom is -0.277 e. The monoisotopic (exact) mass is 279 g/mol. The molecule has 2 aliphatic rings. The van der Waals surface area contributed by atoms with E-state index in [-0.39, 0.29) is 17.5 Å². The number of carbonyl (C=O) groups excluding carboxylic acids is 2. The first kappa shape index (κ1) is 14.2. The first-order valence-electron chi connectivity index (χ1n) is 6.67. The molecule has 1 atom stereocenters. The zero-order chi connectivity index (χ0) is 14.5. The van der Waals surface area contributed by atoms with E-state index in [9.17, 15) is 19.7 Å². The van der Waals surface area contributed by atoms with Gasteiger partial charge >= 0.3 is 0 Å². The summed E-state index contributed by atoms with van der Waals surface area (Å²) in [6.07, 6.45) is 7.67. The molecule has 0 aliphatic heterocycles. The predicted molar refractivity (Wildman–Crippen MR) is 70.6 cm³/mol. The lowest BCUT2D eigenvalue weighted by atomic mass is 9.71. The number of hydrazine groups is 1. The Morgan fingerprint density at radius 3 is 2.80 bits per heavy atom. The van der Waals surface area contributed by atoms with E-state index < -0.39 is 10.8 Å². The van der Waals surface area contributed by atoms with E-state index in [1.54, 1.807) is 0 Å². The van der Waals surface area contributed by atoms with Crippen LogP contribution in [-0.2, 0) is 9.59 Å².